The van der Waals surface area contributed by atoms with Crippen LogP contribution in [0, 0.1) is 11.6 Å². The van der Waals surface area contributed by atoms with Crippen molar-refractivity contribution in [3.05, 3.63) is 69.2 Å². The number of hydrogen-bond acceptors (Lipinski definition) is 1. The van der Waals surface area contributed by atoms with E-state index in [0.29, 0.717) is 23.7 Å². The minimum Gasteiger partial charge on any atom is -0.385 e. The van der Waals surface area contributed by atoms with Crippen LogP contribution in [-0.2, 0) is 18.4 Å². The van der Waals surface area contributed by atoms with Gasteiger partial charge in [-0.1, -0.05) is 12.1 Å². The molecule has 104 valence electrons. The van der Waals surface area contributed by atoms with Crippen molar-refractivity contribution in [1.82, 2.24) is 0 Å². The summed E-state index contributed by atoms with van der Waals surface area (Å²) in [6.07, 6.45) is 1.61. The highest BCUT2D eigenvalue weighted by atomic mass is 79.9. The molecule has 1 atom stereocenters. The summed E-state index contributed by atoms with van der Waals surface area (Å²) in [6, 6.07) is 9.22. The van der Waals surface area contributed by atoms with Gasteiger partial charge < -0.3 is 5.11 Å². The van der Waals surface area contributed by atoms with Crippen molar-refractivity contribution in [2.45, 2.75) is 24.9 Å². The van der Waals surface area contributed by atoms with E-state index in [1.165, 1.54) is 18.2 Å². The summed E-state index contributed by atoms with van der Waals surface area (Å²) in [6.45, 7) is 0. The molecular weight excluding hydrogens is 326 g/mol. The molecule has 1 nitrogen and oxygen atoms in total. The lowest BCUT2D eigenvalue weighted by Crippen LogP contribution is -2.25. The fourth-order valence-electron chi connectivity index (χ4n) is 2.87. The summed E-state index contributed by atoms with van der Waals surface area (Å²) < 4.78 is 26.8. The fraction of sp³-hybridized carbons (Fsp3) is 0.250. The van der Waals surface area contributed by atoms with E-state index in [4.69, 9.17) is 0 Å². The van der Waals surface area contributed by atoms with Crippen LogP contribution in [0.3, 0.4) is 0 Å². The zero-order valence-electron chi connectivity index (χ0n) is 10.7. The van der Waals surface area contributed by atoms with Crippen LogP contribution in [0.4, 0.5) is 8.78 Å². The number of aryl methyl sites for hydroxylation is 1. The van der Waals surface area contributed by atoms with Gasteiger partial charge in [0.2, 0.25) is 0 Å². The molecule has 0 heterocycles. The Morgan fingerprint density at radius 1 is 1.15 bits per heavy atom. The normalized spacial score (nSPS) is 21.0. The Morgan fingerprint density at radius 2 is 1.95 bits per heavy atom. The van der Waals surface area contributed by atoms with Gasteiger partial charge in [-0.05, 0) is 69.7 Å². The highest BCUT2D eigenvalue weighted by molar-refractivity contribution is 9.10. The highest BCUT2D eigenvalue weighted by Gasteiger charge is 2.36. The first-order chi connectivity index (χ1) is 9.48. The summed E-state index contributed by atoms with van der Waals surface area (Å²) in [4.78, 5) is 0. The van der Waals surface area contributed by atoms with Gasteiger partial charge >= 0.3 is 0 Å². The van der Waals surface area contributed by atoms with Crippen LogP contribution in [0.25, 0.3) is 0 Å². The molecule has 1 N–H and O–H groups in total. The zero-order valence-corrected chi connectivity index (χ0v) is 12.3. The van der Waals surface area contributed by atoms with Crippen molar-refractivity contribution in [1.29, 1.82) is 0 Å². The molecule has 0 bridgehead atoms. The number of rotatable bonds is 2. The molecule has 4 heteroatoms. The van der Waals surface area contributed by atoms with Gasteiger partial charge in [-0.25, -0.2) is 8.78 Å². The van der Waals surface area contributed by atoms with Crippen LogP contribution in [0.1, 0.15) is 23.1 Å². The van der Waals surface area contributed by atoms with Gasteiger partial charge in [0.25, 0.3) is 0 Å². The molecule has 2 aromatic rings. The standard InChI is InChI=1S/C16H13BrF2O/c17-14-7-10(1-4-15(14)19)9-16(20)6-5-11-8-12(18)2-3-13(11)16/h1-4,7-8,20H,5-6,9H2. The molecule has 0 fully saturated rings. The summed E-state index contributed by atoms with van der Waals surface area (Å²) in [5, 5.41) is 10.8. The van der Waals surface area contributed by atoms with Crippen LogP contribution >= 0.6 is 15.9 Å². The van der Waals surface area contributed by atoms with Crippen molar-refractivity contribution in [3.63, 3.8) is 0 Å². The topological polar surface area (TPSA) is 20.2 Å². The van der Waals surface area contributed by atoms with E-state index >= 15 is 0 Å². The van der Waals surface area contributed by atoms with Crippen LogP contribution in [0.5, 0.6) is 0 Å². The summed E-state index contributed by atoms with van der Waals surface area (Å²) in [5.41, 5.74) is 1.48. The third kappa shape index (κ3) is 2.38. The number of aliphatic hydroxyl groups is 1. The predicted molar refractivity (Wildman–Crippen MR) is 76.4 cm³/mol. The molecule has 0 saturated heterocycles. The lowest BCUT2D eigenvalue weighted by molar-refractivity contribution is 0.0389. The van der Waals surface area contributed by atoms with Gasteiger partial charge in [-0.15, -0.1) is 0 Å². The molecule has 3 rings (SSSR count). The Labute approximate surface area is 124 Å². The molecule has 0 spiro atoms. The maximum absolute atomic E-state index is 13.2. The van der Waals surface area contributed by atoms with Gasteiger partial charge in [-0.2, -0.15) is 0 Å². The van der Waals surface area contributed by atoms with E-state index in [2.05, 4.69) is 15.9 Å². The van der Waals surface area contributed by atoms with Crippen molar-refractivity contribution >= 4 is 15.9 Å². The predicted octanol–water partition coefficient (Wildman–Crippen LogP) is 4.10. The SMILES string of the molecule is OC1(Cc2ccc(F)c(Br)c2)CCc2cc(F)ccc21. The highest BCUT2D eigenvalue weighted by Crippen LogP contribution is 2.39. The summed E-state index contributed by atoms with van der Waals surface area (Å²) in [5.74, 6) is -0.604. The molecule has 0 aliphatic heterocycles. The van der Waals surface area contributed by atoms with Gasteiger partial charge in [0.1, 0.15) is 11.6 Å². The third-order valence-electron chi connectivity index (χ3n) is 3.86. The maximum Gasteiger partial charge on any atom is 0.137 e. The first-order valence-corrected chi connectivity index (χ1v) is 7.22. The Kier molecular flexibility index (Phi) is 3.38. The second-order valence-electron chi connectivity index (χ2n) is 5.26. The second kappa shape index (κ2) is 4.93. The molecule has 1 aliphatic carbocycles. The van der Waals surface area contributed by atoms with Crippen LogP contribution in [0.2, 0.25) is 0 Å². The molecule has 20 heavy (non-hydrogen) atoms. The second-order valence-corrected chi connectivity index (χ2v) is 6.11. The molecule has 0 amide bonds. The van der Waals surface area contributed by atoms with E-state index in [0.717, 1.165) is 16.7 Å². The van der Waals surface area contributed by atoms with E-state index in [1.807, 2.05) is 0 Å². The third-order valence-corrected chi connectivity index (χ3v) is 4.46. The van der Waals surface area contributed by atoms with E-state index in [1.54, 1.807) is 18.2 Å². The zero-order chi connectivity index (χ0) is 14.3. The number of halogens is 3. The molecule has 0 saturated carbocycles. The van der Waals surface area contributed by atoms with E-state index in [-0.39, 0.29) is 11.6 Å². The summed E-state index contributed by atoms with van der Waals surface area (Å²) >= 11 is 3.15. The monoisotopic (exact) mass is 338 g/mol. The average molecular weight is 339 g/mol. The van der Waals surface area contributed by atoms with E-state index in [9.17, 15) is 13.9 Å². The lowest BCUT2D eigenvalue weighted by Gasteiger charge is -2.24. The molecule has 1 aliphatic rings. The van der Waals surface area contributed by atoms with Gasteiger partial charge in [0.05, 0.1) is 10.1 Å². The molecule has 0 aromatic heterocycles. The van der Waals surface area contributed by atoms with Crippen molar-refractivity contribution < 1.29 is 13.9 Å². The van der Waals surface area contributed by atoms with Crippen LogP contribution in [-0.4, -0.2) is 5.11 Å². The molecular formula is C16H13BrF2O. The lowest BCUT2D eigenvalue weighted by atomic mass is 9.89. The minimum absolute atomic E-state index is 0.280. The maximum atomic E-state index is 13.2. The number of fused-ring (bicyclic) bond motifs is 1. The fourth-order valence-corrected chi connectivity index (χ4v) is 3.30. The van der Waals surface area contributed by atoms with Crippen molar-refractivity contribution in [2.75, 3.05) is 0 Å². The Balaban J connectivity index is 1.93. The molecule has 2 aromatic carbocycles. The van der Waals surface area contributed by atoms with Crippen molar-refractivity contribution in [3.8, 4) is 0 Å². The Hall–Kier alpha value is -1.26. The van der Waals surface area contributed by atoms with Gasteiger partial charge in [0, 0.05) is 6.42 Å². The Bertz CT molecular complexity index is 672. The smallest absolute Gasteiger partial charge is 0.137 e. The molecule has 0 radical (unpaired) electrons. The molecule has 1 unspecified atom stereocenters. The van der Waals surface area contributed by atoms with Crippen LogP contribution in [0.15, 0.2) is 40.9 Å². The average Bonchev–Trinajstić information content (AvgIpc) is 2.71. The Morgan fingerprint density at radius 3 is 2.70 bits per heavy atom. The summed E-state index contributed by atoms with van der Waals surface area (Å²) in [7, 11) is 0. The minimum atomic E-state index is -1.000. The first-order valence-electron chi connectivity index (χ1n) is 6.43. The van der Waals surface area contributed by atoms with Crippen LogP contribution < -0.4 is 0 Å². The number of benzene rings is 2. The largest absolute Gasteiger partial charge is 0.385 e. The van der Waals surface area contributed by atoms with Gasteiger partial charge in [0.15, 0.2) is 0 Å². The van der Waals surface area contributed by atoms with Gasteiger partial charge in [-0.3, -0.25) is 0 Å². The number of hydrogen-bond donors (Lipinski definition) is 1. The van der Waals surface area contributed by atoms with E-state index < -0.39 is 5.60 Å². The first kappa shape index (κ1) is 13.7. The van der Waals surface area contributed by atoms with Crippen molar-refractivity contribution in [2.24, 2.45) is 0 Å². The quantitative estimate of drug-likeness (QED) is 0.873.